The predicted octanol–water partition coefficient (Wildman–Crippen LogP) is 3.33. The van der Waals surface area contributed by atoms with Crippen molar-refractivity contribution in [1.29, 1.82) is 5.26 Å². The maximum absolute atomic E-state index is 13.3. The fourth-order valence-corrected chi connectivity index (χ4v) is 4.46. The van der Waals surface area contributed by atoms with Crippen molar-refractivity contribution in [2.45, 2.75) is 11.8 Å². The lowest BCUT2D eigenvalue weighted by Crippen LogP contribution is -2.39. The molecule has 0 unspecified atom stereocenters. The van der Waals surface area contributed by atoms with E-state index in [0.717, 1.165) is 4.31 Å². The first kappa shape index (κ1) is 25.3. The standard InChI is InChI=1S/C25H24N4O5S/c1-2-33-22-14-10-21(11-15-22)29(35(31,32)24-6-4-3-5-7-24)19-25(30)28-27-18-20-8-12-23(13-9-20)34-17-16-26/h3-15,18H,2,17,19H2,1H3,(H,28,30)/b27-18-. The Kier molecular flexibility index (Phi) is 8.81. The summed E-state index contributed by atoms with van der Waals surface area (Å²) in [6.45, 7) is 1.78. The zero-order valence-corrected chi connectivity index (χ0v) is 19.8. The molecule has 0 aliphatic heterocycles. The van der Waals surface area contributed by atoms with Gasteiger partial charge in [0.2, 0.25) is 0 Å². The lowest BCUT2D eigenvalue weighted by Gasteiger charge is -2.24. The molecule has 0 aliphatic carbocycles. The summed E-state index contributed by atoms with van der Waals surface area (Å²) in [6, 6.07) is 23.0. The number of amides is 1. The van der Waals surface area contributed by atoms with E-state index in [0.29, 0.717) is 29.4 Å². The molecule has 0 saturated carbocycles. The van der Waals surface area contributed by atoms with Crippen LogP contribution in [-0.2, 0) is 14.8 Å². The van der Waals surface area contributed by atoms with Crippen LogP contribution in [0.4, 0.5) is 5.69 Å². The van der Waals surface area contributed by atoms with Crippen LogP contribution in [0.5, 0.6) is 11.5 Å². The van der Waals surface area contributed by atoms with Gasteiger partial charge in [0.1, 0.15) is 24.1 Å². The minimum Gasteiger partial charge on any atom is -0.494 e. The Hall–Kier alpha value is -4.36. The van der Waals surface area contributed by atoms with Gasteiger partial charge in [0.05, 0.1) is 23.4 Å². The quantitative estimate of drug-likeness (QED) is 0.324. The number of hydrazone groups is 1. The largest absolute Gasteiger partial charge is 0.494 e. The van der Waals surface area contributed by atoms with Gasteiger partial charge in [-0.3, -0.25) is 9.10 Å². The topological polar surface area (TPSA) is 121 Å². The van der Waals surface area contributed by atoms with Crippen molar-refractivity contribution in [3.63, 3.8) is 0 Å². The summed E-state index contributed by atoms with van der Waals surface area (Å²) < 4.78 is 38.3. The maximum atomic E-state index is 13.3. The van der Waals surface area contributed by atoms with Gasteiger partial charge in [-0.2, -0.15) is 10.4 Å². The number of rotatable bonds is 11. The third kappa shape index (κ3) is 7.06. The lowest BCUT2D eigenvalue weighted by atomic mass is 10.2. The van der Waals surface area contributed by atoms with Gasteiger partial charge in [-0.1, -0.05) is 18.2 Å². The van der Waals surface area contributed by atoms with Gasteiger partial charge in [0.15, 0.2) is 6.61 Å². The second-order valence-corrected chi connectivity index (χ2v) is 8.92. The number of nitrogens with one attached hydrogen (secondary N) is 1. The van der Waals surface area contributed by atoms with Crippen LogP contribution in [0.1, 0.15) is 12.5 Å². The Morgan fingerprint density at radius 2 is 1.63 bits per heavy atom. The fraction of sp³-hybridized carbons (Fsp3) is 0.160. The van der Waals surface area contributed by atoms with Crippen LogP contribution >= 0.6 is 0 Å². The molecule has 35 heavy (non-hydrogen) atoms. The van der Waals surface area contributed by atoms with E-state index in [1.807, 2.05) is 13.0 Å². The number of anilines is 1. The van der Waals surface area contributed by atoms with Gasteiger partial charge in [-0.15, -0.1) is 0 Å². The van der Waals surface area contributed by atoms with Crippen LogP contribution < -0.4 is 19.2 Å². The number of hydrogen-bond acceptors (Lipinski definition) is 7. The average Bonchev–Trinajstić information content (AvgIpc) is 2.88. The highest BCUT2D eigenvalue weighted by molar-refractivity contribution is 7.92. The summed E-state index contributed by atoms with van der Waals surface area (Å²) in [5.41, 5.74) is 3.35. The van der Waals surface area contributed by atoms with Crippen molar-refractivity contribution >= 4 is 27.8 Å². The number of carbonyl (C=O) groups excluding carboxylic acids is 1. The number of nitrogens with zero attached hydrogens (tertiary/aromatic N) is 3. The van der Waals surface area contributed by atoms with E-state index in [1.165, 1.54) is 18.3 Å². The number of sulfonamides is 1. The summed E-state index contributed by atoms with van der Waals surface area (Å²) in [5.74, 6) is 0.500. The summed E-state index contributed by atoms with van der Waals surface area (Å²) in [4.78, 5) is 12.7. The van der Waals surface area contributed by atoms with E-state index >= 15 is 0 Å². The first-order valence-corrected chi connectivity index (χ1v) is 12.1. The molecule has 0 radical (unpaired) electrons. The van der Waals surface area contributed by atoms with Crippen molar-refractivity contribution in [1.82, 2.24) is 5.43 Å². The van der Waals surface area contributed by atoms with Gasteiger partial charge in [0, 0.05) is 0 Å². The Morgan fingerprint density at radius 1 is 1.00 bits per heavy atom. The van der Waals surface area contributed by atoms with Crippen LogP contribution in [0.25, 0.3) is 0 Å². The molecule has 0 aromatic heterocycles. The average molecular weight is 493 g/mol. The number of ether oxygens (including phenoxy) is 2. The van der Waals surface area contributed by atoms with Crippen LogP contribution in [0.2, 0.25) is 0 Å². The highest BCUT2D eigenvalue weighted by atomic mass is 32.2. The van der Waals surface area contributed by atoms with Crippen LogP contribution in [-0.4, -0.2) is 40.3 Å². The van der Waals surface area contributed by atoms with E-state index in [4.69, 9.17) is 14.7 Å². The molecule has 0 spiro atoms. The Morgan fingerprint density at radius 3 is 2.26 bits per heavy atom. The van der Waals surface area contributed by atoms with Crippen molar-refractivity contribution < 1.29 is 22.7 Å². The molecular weight excluding hydrogens is 468 g/mol. The molecule has 1 N–H and O–H groups in total. The Bertz CT molecular complexity index is 1290. The number of hydrogen-bond donors (Lipinski definition) is 1. The van der Waals surface area contributed by atoms with Crippen LogP contribution in [0.15, 0.2) is 88.9 Å². The molecule has 0 atom stereocenters. The molecular formula is C25H24N4O5S. The molecule has 0 saturated heterocycles. The smallest absolute Gasteiger partial charge is 0.264 e. The molecule has 0 heterocycles. The SMILES string of the molecule is CCOc1ccc(N(CC(=O)N/N=C\c2ccc(OCC#N)cc2)S(=O)(=O)c2ccccc2)cc1. The summed E-state index contributed by atoms with van der Waals surface area (Å²) in [5, 5.41) is 12.5. The zero-order chi connectivity index (χ0) is 25.1. The molecule has 3 rings (SSSR count). The van der Waals surface area contributed by atoms with Crippen molar-refractivity contribution in [2.75, 3.05) is 24.1 Å². The van der Waals surface area contributed by atoms with E-state index in [2.05, 4.69) is 10.5 Å². The van der Waals surface area contributed by atoms with Crippen molar-refractivity contribution in [3.05, 3.63) is 84.4 Å². The fourth-order valence-electron chi connectivity index (χ4n) is 3.02. The molecule has 180 valence electrons. The molecule has 0 fully saturated rings. The van der Waals surface area contributed by atoms with E-state index < -0.39 is 22.5 Å². The minimum atomic E-state index is -4.02. The Balaban J connectivity index is 1.75. The number of carbonyl (C=O) groups is 1. The third-order valence-corrected chi connectivity index (χ3v) is 6.43. The Labute approximate surface area is 204 Å². The molecule has 3 aromatic rings. The number of benzene rings is 3. The van der Waals surface area contributed by atoms with Gasteiger partial charge in [0.25, 0.3) is 15.9 Å². The molecule has 10 heteroatoms. The zero-order valence-electron chi connectivity index (χ0n) is 19.0. The van der Waals surface area contributed by atoms with Gasteiger partial charge in [-0.25, -0.2) is 13.8 Å². The minimum absolute atomic E-state index is 0.0553. The van der Waals surface area contributed by atoms with E-state index in [1.54, 1.807) is 66.7 Å². The van der Waals surface area contributed by atoms with Gasteiger partial charge in [-0.05, 0) is 73.2 Å². The highest BCUT2D eigenvalue weighted by Crippen LogP contribution is 2.25. The van der Waals surface area contributed by atoms with Crippen LogP contribution in [0.3, 0.4) is 0 Å². The summed E-state index contributed by atoms with van der Waals surface area (Å²) in [6.07, 6.45) is 1.42. The molecule has 0 bridgehead atoms. The molecule has 0 aliphatic rings. The first-order valence-electron chi connectivity index (χ1n) is 10.7. The highest BCUT2D eigenvalue weighted by Gasteiger charge is 2.27. The maximum Gasteiger partial charge on any atom is 0.264 e. The van der Waals surface area contributed by atoms with Crippen molar-refractivity contribution in [3.8, 4) is 17.6 Å². The molecule has 1 amide bonds. The second kappa shape index (κ2) is 12.2. The summed E-state index contributed by atoms with van der Waals surface area (Å²) >= 11 is 0. The molecule has 3 aromatic carbocycles. The monoisotopic (exact) mass is 492 g/mol. The van der Waals surface area contributed by atoms with Gasteiger partial charge >= 0.3 is 0 Å². The van der Waals surface area contributed by atoms with Gasteiger partial charge < -0.3 is 9.47 Å². The van der Waals surface area contributed by atoms with E-state index in [9.17, 15) is 13.2 Å². The lowest BCUT2D eigenvalue weighted by molar-refractivity contribution is -0.119. The first-order chi connectivity index (χ1) is 16.9. The van der Waals surface area contributed by atoms with Crippen LogP contribution in [0, 0.1) is 11.3 Å². The summed E-state index contributed by atoms with van der Waals surface area (Å²) in [7, 11) is -4.02. The van der Waals surface area contributed by atoms with Crippen molar-refractivity contribution in [2.24, 2.45) is 5.10 Å². The molecule has 9 nitrogen and oxygen atoms in total. The van der Waals surface area contributed by atoms with E-state index in [-0.39, 0.29) is 11.5 Å². The third-order valence-electron chi connectivity index (χ3n) is 4.64. The predicted molar refractivity (Wildman–Crippen MR) is 132 cm³/mol. The number of nitriles is 1. The normalized spacial score (nSPS) is 11.0. The second-order valence-electron chi connectivity index (χ2n) is 7.06.